The molecule has 0 radical (unpaired) electrons. The Labute approximate surface area is 123 Å². The molecule has 0 spiro atoms. The van der Waals surface area contributed by atoms with E-state index in [1.54, 1.807) is 0 Å². The van der Waals surface area contributed by atoms with Crippen LogP contribution in [0.1, 0.15) is 39.5 Å². The van der Waals surface area contributed by atoms with Crippen LogP contribution in [0.15, 0.2) is 28.7 Å². The molecule has 0 aliphatic rings. The zero-order valence-electron chi connectivity index (χ0n) is 11.6. The first kappa shape index (κ1) is 16.0. The molecule has 1 rings (SSSR count). The van der Waals surface area contributed by atoms with Crippen LogP contribution in [0.4, 0.5) is 5.69 Å². The summed E-state index contributed by atoms with van der Waals surface area (Å²) in [5.74, 6) is -0.168. The van der Waals surface area contributed by atoms with Crippen molar-refractivity contribution in [2.24, 2.45) is 0 Å². The van der Waals surface area contributed by atoms with Gasteiger partial charge in [-0.05, 0) is 31.5 Å². The van der Waals surface area contributed by atoms with Crippen LogP contribution in [0.5, 0.6) is 0 Å². The van der Waals surface area contributed by atoms with Crippen molar-refractivity contribution in [2.45, 2.75) is 45.6 Å². The minimum Gasteiger partial charge on any atom is -0.464 e. The van der Waals surface area contributed by atoms with Gasteiger partial charge in [0.2, 0.25) is 0 Å². The van der Waals surface area contributed by atoms with E-state index >= 15 is 0 Å². The maximum absolute atomic E-state index is 11.9. The van der Waals surface area contributed by atoms with Crippen molar-refractivity contribution in [3.8, 4) is 0 Å². The number of esters is 1. The van der Waals surface area contributed by atoms with E-state index in [1.165, 1.54) is 0 Å². The molecular formula is C15H22BrNO2. The molecule has 1 N–H and O–H groups in total. The van der Waals surface area contributed by atoms with Gasteiger partial charge in [-0.2, -0.15) is 0 Å². The third-order valence-electron chi connectivity index (χ3n) is 2.83. The monoisotopic (exact) mass is 327 g/mol. The molecule has 1 aromatic rings. The maximum Gasteiger partial charge on any atom is 0.328 e. The van der Waals surface area contributed by atoms with Gasteiger partial charge in [0.25, 0.3) is 0 Å². The van der Waals surface area contributed by atoms with Crippen LogP contribution in [0, 0.1) is 0 Å². The maximum atomic E-state index is 11.9. The number of hydrogen-bond donors (Lipinski definition) is 1. The molecule has 1 aromatic carbocycles. The summed E-state index contributed by atoms with van der Waals surface area (Å²) in [5.41, 5.74) is 0.934. The van der Waals surface area contributed by atoms with Crippen LogP contribution in [0.25, 0.3) is 0 Å². The number of ether oxygens (including phenoxy) is 1. The van der Waals surface area contributed by atoms with Crippen molar-refractivity contribution in [1.29, 1.82) is 0 Å². The number of halogens is 1. The molecule has 0 heterocycles. The first-order valence-corrected chi connectivity index (χ1v) is 7.65. The molecule has 0 aliphatic carbocycles. The number of unbranched alkanes of at least 4 members (excludes halogenated alkanes) is 2. The van der Waals surface area contributed by atoms with Gasteiger partial charge in [0.15, 0.2) is 0 Å². The molecule has 3 nitrogen and oxygen atoms in total. The lowest BCUT2D eigenvalue weighted by molar-refractivity contribution is -0.144. The summed E-state index contributed by atoms with van der Waals surface area (Å²) in [6, 6.07) is 7.56. The summed E-state index contributed by atoms with van der Waals surface area (Å²) in [4.78, 5) is 11.9. The van der Waals surface area contributed by atoms with Crippen LogP contribution >= 0.6 is 15.9 Å². The zero-order valence-corrected chi connectivity index (χ0v) is 13.2. The highest BCUT2D eigenvalue weighted by Crippen LogP contribution is 2.18. The second-order valence-electron chi connectivity index (χ2n) is 4.46. The Morgan fingerprint density at radius 3 is 2.79 bits per heavy atom. The lowest BCUT2D eigenvalue weighted by Gasteiger charge is -2.18. The lowest BCUT2D eigenvalue weighted by atomic mass is 10.1. The average Bonchev–Trinajstić information content (AvgIpc) is 2.38. The third kappa shape index (κ3) is 6.10. The van der Waals surface area contributed by atoms with Gasteiger partial charge in [0.05, 0.1) is 6.61 Å². The Morgan fingerprint density at radius 1 is 1.37 bits per heavy atom. The minimum atomic E-state index is -0.263. The largest absolute Gasteiger partial charge is 0.464 e. The van der Waals surface area contributed by atoms with E-state index in [9.17, 15) is 4.79 Å². The van der Waals surface area contributed by atoms with E-state index in [1.807, 2.05) is 31.2 Å². The Bertz CT molecular complexity index is 395. The number of rotatable bonds is 8. The fraction of sp³-hybridized carbons (Fsp3) is 0.533. The highest BCUT2D eigenvalue weighted by atomic mass is 79.9. The Kier molecular flexibility index (Phi) is 7.56. The Balaban J connectivity index is 2.64. The molecule has 0 fully saturated rings. The highest BCUT2D eigenvalue weighted by molar-refractivity contribution is 9.10. The zero-order chi connectivity index (χ0) is 14.1. The number of benzene rings is 1. The van der Waals surface area contributed by atoms with E-state index in [-0.39, 0.29) is 12.0 Å². The average molecular weight is 328 g/mol. The number of hydrogen-bond acceptors (Lipinski definition) is 3. The van der Waals surface area contributed by atoms with Gasteiger partial charge in [-0.25, -0.2) is 4.79 Å². The fourth-order valence-electron chi connectivity index (χ4n) is 1.87. The molecule has 19 heavy (non-hydrogen) atoms. The van der Waals surface area contributed by atoms with Crippen molar-refractivity contribution in [3.05, 3.63) is 28.7 Å². The van der Waals surface area contributed by atoms with E-state index in [0.717, 1.165) is 35.8 Å². The predicted octanol–water partition coefficient (Wildman–Crippen LogP) is 4.37. The molecule has 106 valence electrons. The molecule has 0 amide bonds. The number of anilines is 1. The van der Waals surface area contributed by atoms with Crippen molar-refractivity contribution in [1.82, 2.24) is 0 Å². The van der Waals surface area contributed by atoms with E-state index < -0.39 is 0 Å². The molecule has 0 aromatic heterocycles. The molecular weight excluding hydrogens is 306 g/mol. The van der Waals surface area contributed by atoms with Gasteiger partial charge < -0.3 is 10.1 Å². The van der Waals surface area contributed by atoms with Crippen molar-refractivity contribution in [3.63, 3.8) is 0 Å². The molecule has 0 saturated heterocycles. The summed E-state index contributed by atoms with van der Waals surface area (Å²) in [5, 5.41) is 3.26. The van der Waals surface area contributed by atoms with Crippen LogP contribution in [-0.4, -0.2) is 18.6 Å². The predicted molar refractivity (Wildman–Crippen MR) is 82.3 cm³/mol. The number of nitrogens with one attached hydrogen (secondary N) is 1. The molecule has 1 unspecified atom stereocenters. The van der Waals surface area contributed by atoms with Gasteiger partial charge in [-0.15, -0.1) is 0 Å². The van der Waals surface area contributed by atoms with E-state index in [0.29, 0.717) is 6.61 Å². The standard InChI is InChI=1S/C15H22BrNO2/c1-3-5-6-10-14(15(18)19-4-2)17-13-9-7-8-12(16)11-13/h7-9,11,14,17H,3-6,10H2,1-2H3. The lowest BCUT2D eigenvalue weighted by Crippen LogP contribution is -2.31. The van der Waals surface area contributed by atoms with Crippen molar-refractivity contribution in [2.75, 3.05) is 11.9 Å². The van der Waals surface area contributed by atoms with Gasteiger partial charge in [0.1, 0.15) is 6.04 Å². The van der Waals surface area contributed by atoms with Crippen LogP contribution in [-0.2, 0) is 9.53 Å². The van der Waals surface area contributed by atoms with Crippen LogP contribution in [0.3, 0.4) is 0 Å². The number of carbonyl (C=O) groups is 1. The fourth-order valence-corrected chi connectivity index (χ4v) is 2.27. The van der Waals surface area contributed by atoms with E-state index in [2.05, 4.69) is 28.2 Å². The molecule has 4 heteroatoms. The summed E-state index contributed by atoms with van der Waals surface area (Å²) in [7, 11) is 0. The van der Waals surface area contributed by atoms with Crippen LogP contribution < -0.4 is 5.32 Å². The summed E-state index contributed by atoms with van der Waals surface area (Å²) >= 11 is 3.43. The molecule has 0 aliphatic heterocycles. The summed E-state index contributed by atoms with van der Waals surface area (Å²) in [6.45, 7) is 4.41. The molecule has 0 bridgehead atoms. The van der Waals surface area contributed by atoms with Gasteiger partial charge in [-0.1, -0.05) is 48.2 Å². The normalized spacial score (nSPS) is 11.9. The van der Waals surface area contributed by atoms with Gasteiger partial charge in [0, 0.05) is 10.2 Å². The third-order valence-corrected chi connectivity index (χ3v) is 3.33. The smallest absolute Gasteiger partial charge is 0.328 e. The SMILES string of the molecule is CCCCCC(Nc1cccc(Br)c1)C(=O)OCC. The first-order valence-electron chi connectivity index (χ1n) is 6.86. The molecule has 0 saturated carbocycles. The quantitative estimate of drug-likeness (QED) is 0.569. The van der Waals surface area contributed by atoms with Crippen LogP contribution in [0.2, 0.25) is 0 Å². The second kappa shape index (κ2) is 8.97. The molecule has 1 atom stereocenters. The van der Waals surface area contributed by atoms with Gasteiger partial charge in [-0.3, -0.25) is 0 Å². The summed E-state index contributed by atoms with van der Waals surface area (Å²) in [6.07, 6.45) is 4.11. The highest BCUT2D eigenvalue weighted by Gasteiger charge is 2.18. The summed E-state index contributed by atoms with van der Waals surface area (Å²) < 4.78 is 6.12. The Hall–Kier alpha value is -1.03. The van der Waals surface area contributed by atoms with Gasteiger partial charge >= 0.3 is 5.97 Å². The topological polar surface area (TPSA) is 38.3 Å². The number of carbonyl (C=O) groups excluding carboxylic acids is 1. The minimum absolute atomic E-state index is 0.168. The van der Waals surface area contributed by atoms with E-state index in [4.69, 9.17) is 4.74 Å². The van der Waals surface area contributed by atoms with Crippen molar-refractivity contribution < 1.29 is 9.53 Å². The van der Waals surface area contributed by atoms with Crippen molar-refractivity contribution >= 4 is 27.6 Å². The Morgan fingerprint density at radius 2 is 2.16 bits per heavy atom. The second-order valence-corrected chi connectivity index (χ2v) is 5.37. The first-order chi connectivity index (χ1) is 9.17.